The molecule has 0 radical (unpaired) electrons. The molecule has 0 bridgehead atoms. The van der Waals surface area contributed by atoms with E-state index in [0.717, 1.165) is 29.3 Å². The highest BCUT2D eigenvalue weighted by molar-refractivity contribution is 5.45. The minimum Gasteiger partial charge on any atom is -0.493 e. The van der Waals surface area contributed by atoms with E-state index in [-0.39, 0.29) is 0 Å². The SMILES string of the molecule is CCOc1cc(CNc2cnn(C)c2)ccc1OC. The molecule has 0 saturated carbocycles. The summed E-state index contributed by atoms with van der Waals surface area (Å²) in [5.74, 6) is 1.53. The van der Waals surface area contributed by atoms with Gasteiger partial charge in [-0.1, -0.05) is 6.07 Å². The van der Waals surface area contributed by atoms with Crippen LogP contribution in [-0.4, -0.2) is 23.5 Å². The van der Waals surface area contributed by atoms with Crippen molar-refractivity contribution in [2.45, 2.75) is 13.5 Å². The van der Waals surface area contributed by atoms with E-state index in [1.807, 2.05) is 38.4 Å². The van der Waals surface area contributed by atoms with Crippen molar-refractivity contribution in [3.63, 3.8) is 0 Å². The minimum absolute atomic E-state index is 0.621. The van der Waals surface area contributed by atoms with Gasteiger partial charge < -0.3 is 14.8 Å². The average molecular weight is 261 g/mol. The molecule has 0 aliphatic rings. The third-order valence-corrected chi connectivity index (χ3v) is 2.73. The molecule has 0 unspecified atom stereocenters. The van der Waals surface area contributed by atoms with Crippen LogP contribution in [0.5, 0.6) is 11.5 Å². The Labute approximate surface area is 113 Å². The van der Waals surface area contributed by atoms with E-state index in [2.05, 4.69) is 10.4 Å². The van der Waals surface area contributed by atoms with Crippen molar-refractivity contribution < 1.29 is 9.47 Å². The van der Waals surface area contributed by atoms with E-state index < -0.39 is 0 Å². The first-order chi connectivity index (χ1) is 9.22. The molecule has 5 nitrogen and oxygen atoms in total. The quantitative estimate of drug-likeness (QED) is 0.867. The topological polar surface area (TPSA) is 48.3 Å². The second-order valence-corrected chi connectivity index (χ2v) is 4.17. The number of nitrogens with one attached hydrogen (secondary N) is 1. The number of hydrogen-bond acceptors (Lipinski definition) is 4. The molecule has 1 N–H and O–H groups in total. The summed E-state index contributed by atoms with van der Waals surface area (Å²) in [5.41, 5.74) is 2.13. The first-order valence-corrected chi connectivity index (χ1v) is 6.25. The number of hydrogen-bond donors (Lipinski definition) is 1. The lowest BCUT2D eigenvalue weighted by atomic mass is 10.2. The fraction of sp³-hybridized carbons (Fsp3) is 0.357. The predicted octanol–water partition coefficient (Wildman–Crippen LogP) is 2.44. The molecule has 0 amide bonds. The lowest BCUT2D eigenvalue weighted by Gasteiger charge is -2.11. The second-order valence-electron chi connectivity index (χ2n) is 4.17. The Kier molecular flexibility index (Phi) is 4.28. The third-order valence-electron chi connectivity index (χ3n) is 2.73. The van der Waals surface area contributed by atoms with Crippen molar-refractivity contribution in [2.24, 2.45) is 7.05 Å². The number of ether oxygens (including phenoxy) is 2. The fourth-order valence-electron chi connectivity index (χ4n) is 1.82. The van der Waals surface area contributed by atoms with Crippen molar-refractivity contribution in [1.29, 1.82) is 0 Å². The van der Waals surface area contributed by atoms with E-state index in [0.29, 0.717) is 6.61 Å². The second kappa shape index (κ2) is 6.13. The Morgan fingerprint density at radius 2 is 2.16 bits per heavy atom. The molecule has 19 heavy (non-hydrogen) atoms. The highest BCUT2D eigenvalue weighted by atomic mass is 16.5. The molecular weight excluding hydrogens is 242 g/mol. The van der Waals surface area contributed by atoms with Gasteiger partial charge in [0.05, 0.1) is 25.6 Å². The van der Waals surface area contributed by atoms with E-state index >= 15 is 0 Å². The highest BCUT2D eigenvalue weighted by Crippen LogP contribution is 2.28. The first kappa shape index (κ1) is 13.3. The van der Waals surface area contributed by atoms with Crippen molar-refractivity contribution in [2.75, 3.05) is 19.0 Å². The Balaban J connectivity index is 2.05. The van der Waals surface area contributed by atoms with Crippen LogP contribution in [0.3, 0.4) is 0 Å². The summed E-state index contributed by atoms with van der Waals surface area (Å²) in [4.78, 5) is 0. The van der Waals surface area contributed by atoms with E-state index in [1.165, 1.54) is 0 Å². The van der Waals surface area contributed by atoms with Gasteiger partial charge in [0.2, 0.25) is 0 Å². The molecular formula is C14H19N3O2. The third kappa shape index (κ3) is 3.40. The summed E-state index contributed by atoms with van der Waals surface area (Å²) in [6.07, 6.45) is 3.74. The van der Waals surface area contributed by atoms with Gasteiger partial charge in [-0.2, -0.15) is 5.10 Å². The van der Waals surface area contributed by atoms with E-state index in [9.17, 15) is 0 Å². The number of benzene rings is 1. The predicted molar refractivity (Wildman–Crippen MR) is 74.7 cm³/mol. The van der Waals surface area contributed by atoms with Crippen LogP contribution < -0.4 is 14.8 Å². The highest BCUT2D eigenvalue weighted by Gasteiger charge is 2.05. The molecule has 0 aliphatic heterocycles. The maximum atomic E-state index is 5.56. The van der Waals surface area contributed by atoms with Crippen molar-refractivity contribution in [3.05, 3.63) is 36.2 Å². The molecule has 1 aromatic heterocycles. The first-order valence-electron chi connectivity index (χ1n) is 6.25. The average Bonchev–Trinajstić information content (AvgIpc) is 2.83. The zero-order chi connectivity index (χ0) is 13.7. The van der Waals surface area contributed by atoms with Crippen LogP contribution >= 0.6 is 0 Å². The Hall–Kier alpha value is -2.17. The number of rotatable bonds is 6. The standard InChI is InChI=1S/C14H19N3O2/c1-4-19-14-7-11(5-6-13(14)18-3)8-15-12-9-16-17(2)10-12/h5-7,9-10,15H,4,8H2,1-3H3. The summed E-state index contributed by atoms with van der Waals surface area (Å²) < 4.78 is 12.6. The molecule has 2 rings (SSSR count). The number of anilines is 1. The molecule has 0 spiro atoms. The molecule has 5 heteroatoms. The largest absolute Gasteiger partial charge is 0.493 e. The van der Waals surface area contributed by atoms with Crippen LogP contribution in [-0.2, 0) is 13.6 Å². The fourth-order valence-corrected chi connectivity index (χ4v) is 1.82. The summed E-state index contributed by atoms with van der Waals surface area (Å²) >= 11 is 0. The lowest BCUT2D eigenvalue weighted by molar-refractivity contribution is 0.310. The molecule has 1 aromatic carbocycles. The summed E-state index contributed by atoms with van der Waals surface area (Å²) in [7, 11) is 3.54. The molecule has 1 heterocycles. The van der Waals surface area contributed by atoms with Crippen LogP contribution in [0.15, 0.2) is 30.6 Å². The number of aromatic nitrogens is 2. The Bertz CT molecular complexity index is 537. The van der Waals surface area contributed by atoms with Crippen LogP contribution in [0.1, 0.15) is 12.5 Å². The van der Waals surface area contributed by atoms with Gasteiger partial charge in [0.1, 0.15) is 0 Å². The molecule has 0 saturated heterocycles. The van der Waals surface area contributed by atoms with Gasteiger partial charge in [0.25, 0.3) is 0 Å². The molecule has 0 fully saturated rings. The minimum atomic E-state index is 0.621. The molecule has 0 atom stereocenters. The van der Waals surface area contributed by atoms with Crippen LogP contribution in [0.25, 0.3) is 0 Å². The Morgan fingerprint density at radius 3 is 2.79 bits per heavy atom. The maximum Gasteiger partial charge on any atom is 0.161 e. The molecule has 102 valence electrons. The van der Waals surface area contributed by atoms with Crippen LogP contribution in [0, 0.1) is 0 Å². The van der Waals surface area contributed by atoms with Crippen molar-refractivity contribution in [1.82, 2.24) is 9.78 Å². The van der Waals surface area contributed by atoms with E-state index in [4.69, 9.17) is 9.47 Å². The summed E-state index contributed by atoms with van der Waals surface area (Å²) in [6, 6.07) is 5.93. The maximum absolute atomic E-state index is 5.56. The van der Waals surface area contributed by atoms with Gasteiger partial charge in [0.15, 0.2) is 11.5 Å². The van der Waals surface area contributed by atoms with Crippen molar-refractivity contribution >= 4 is 5.69 Å². The summed E-state index contributed by atoms with van der Waals surface area (Å²) in [6.45, 7) is 3.30. The van der Waals surface area contributed by atoms with Gasteiger partial charge in [-0.25, -0.2) is 0 Å². The number of nitrogens with zero attached hydrogens (tertiary/aromatic N) is 2. The van der Waals surface area contributed by atoms with Gasteiger partial charge in [-0.15, -0.1) is 0 Å². The molecule has 0 aliphatic carbocycles. The number of methoxy groups -OCH3 is 1. The molecule has 2 aromatic rings. The lowest BCUT2D eigenvalue weighted by Crippen LogP contribution is -2.01. The number of aryl methyl sites for hydroxylation is 1. The normalized spacial score (nSPS) is 10.3. The van der Waals surface area contributed by atoms with Gasteiger partial charge in [-0.3, -0.25) is 4.68 Å². The van der Waals surface area contributed by atoms with E-state index in [1.54, 1.807) is 18.0 Å². The zero-order valence-electron chi connectivity index (χ0n) is 11.5. The monoisotopic (exact) mass is 261 g/mol. The van der Waals surface area contributed by atoms with Gasteiger partial charge in [-0.05, 0) is 24.6 Å². The van der Waals surface area contributed by atoms with Crippen molar-refractivity contribution in [3.8, 4) is 11.5 Å². The smallest absolute Gasteiger partial charge is 0.161 e. The van der Waals surface area contributed by atoms with Crippen LogP contribution in [0.2, 0.25) is 0 Å². The summed E-state index contributed by atoms with van der Waals surface area (Å²) in [5, 5.41) is 7.42. The zero-order valence-corrected chi connectivity index (χ0v) is 11.5. The van der Waals surface area contributed by atoms with Gasteiger partial charge in [0, 0.05) is 19.8 Å². The van der Waals surface area contributed by atoms with Crippen LogP contribution in [0.4, 0.5) is 5.69 Å². The Morgan fingerprint density at radius 1 is 1.32 bits per heavy atom. The van der Waals surface area contributed by atoms with Gasteiger partial charge >= 0.3 is 0 Å².